The van der Waals surface area contributed by atoms with Crippen LogP contribution in [0.25, 0.3) is 10.8 Å². The fraction of sp³-hybridized carbons (Fsp3) is 0.240. The summed E-state index contributed by atoms with van der Waals surface area (Å²) in [6, 6.07) is 21.2. The molecule has 1 N–H and O–H groups in total. The van der Waals surface area contributed by atoms with Crippen molar-refractivity contribution >= 4 is 39.9 Å². The van der Waals surface area contributed by atoms with Crippen molar-refractivity contribution in [1.82, 2.24) is 0 Å². The van der Waals surface area contributed by atoms with Gasteiger partial charge in [0.2, 0.25) is 5.91 Å². The van der Waals surface area contributed by atoms with Crippen molar-refractivity contribution in [2.75, 3.05) is 23.4 Å². The van der Waals surface area contributed by atoms with Gasteiger partial charge in [-0.15, -0.1) is 0 Å². The van der Waals surface area contributed by atoms with E-state index in [2.05, 4.69) is 12.2 Å². The molecule has 1 aliphatic rings. The summed E-state index contributed by atoms with van der Waals surface area (Å²) in [5, 5.41) is 4.82. The van der Waals surface area contributed by atoms with Gasteiger partial charge in [0.05, 0.1) is 5.92 Å². The summed E-state index contributed by atoms with van der Waals surface area (Å²) < 4.78 is 5.19. The van der Waals surface area contributed by atoms with Crippen LogP contribution in [0, 0.1) is 5.92 Å². The quantitative estimate of drug-likeness (QED) is 0.618. The highest BCUT2D eigenvalue weighted by Crippen LogP contribution is 2.26. The first kappa shape index (κ1) is 20.6. The van der Waals surface area contributed by atoms with Gasteiger partial charge in [0.15, 0.2) is 6.61 Å². The number of benzene rings is 3. The second-order valence-electron chi connectivity index (χ2n) is 7.64. The molecule has 3 aromatic carbocycles. The lowest BCUT2D eigenvalue weighted by Crippen LogP contribution is -2.28. The zero-order valence-electron chi connectivity index (χ0n) is 17.3. The van der Waals surface area contributed by atoms with Gasteiger partial charge in [-0.25, -0.2) is 0 Å². The molecular weight excluding hydrogens is 392 g/mol. The second kappa shape index (κ2) is 9.00. The Morgan fingerprint density at radius 1 is 1.03 bits per heavy atom. The summed E-state index contributed by atoms with van der Waals surface area (Å²) in [5.74, 6) is -1.65. The molecule has 1 aliphatic heterocycles. The topological polar surface area (TPSA) is 75.7 Å². The van der Waals surface area contributed by atoms with Crippen LogP contribution in [0.2, 0.25) is 0 Å². The van der Waals surface area contributed by atoms with E-state index in [1.807, 2.05) is 60.7 Å². The highest BCUT2D eigenvalue weighted by Gasteiger charge is 2.36. The van der Waals surface area contributed by atoms with Crippen LogP contribution in [0.4, 0.5) is 11.4 Å². The maximum Gasteiger partial charge on any atom is 0.311 e. The molecule has 1 fully saturated rings. The molecule has 2 amide bonds. The third kappa shape index (κ3) is 4.74. The smallest absolute Gasteiger partial charge is 0.311 e. The number of anilines is 2. The van der Waals surface area contributed by atoms with Crippen molar-refractivity contribution in [3.8, 4) is 0 Å². The Morgan fingerprint density at radius 2 is 1.77 bits per heavy atom. The van der Waals surface area contributed by atoms with E-state index in [9.17, 15) is 14.4 Å². The number of hydrogen-bond donors (Lipinski definition) is 1. The van der Waals surface area contributed by atoms with Crippen molar-refractivity contribution < 1.29 is 19.1 Å². The normalized spacial score (nSPS) is 15.8. The third-order valence-electron chi connectivity index (χ3n) is 5.49. The fourth-order valence-corrected chi connectivity index (χ4v) is 3.75. The number of amides is 2. The molecule has 4 rings (SSSR count). The zero-order valence-corrected chi connectivity index (χ0v) is 17.3. The number of ether oxygens (including phenoxy) is 1. The van der Waals surface area contributed by atoms with Gasteiger partial charge in [0.25, 0.3) is 5.91 Å². The van der Waals surface area contributed by atoms with Crippen LogP contribution in [0.3, 0.4) is 0 Å². The maximum atomic E-state index is 12.4. The molecule has 6 heteroatoms. The molecule has 1 saturated heterocycles. The van der Waals surface area contributed by atoms with Gasteiger partial charge < -0.3 is 15.0 Å². The Kier molecular flexibility index (Phi) is 5.98. The number of rotatable bonds is 6. The number of hydrogen-bond acceptors (Lipinski definition) is 4. The molecule has 3 aromatic rings. The first-order chi connectivity index (χ1) is 15.0. The Labute approximate surface area is 180 Å². The highest BCUT2D eigenvalue weighted by molar-refractivity contribution is 6.00. The lowest BCUT2D eigenvalue weighted by Gasteiger charge is -2.17. The van der Waals surface area contributed by atoms with Gasteiger partial charge in [-0.1, -0.05) is 49.4 Å². The number of aryl methyl sites for hydroxylation is 1. The van der Waals surface area contributed by atoms with Gasteiger partial charge in [0, 0.05) is 24.3 Å². The largest absolute Gasteiger partial charge is 0.455 e. The van der Waals surface area contributed by atoms with Gasteiger partial charge >= 0.3 is 5.97 Å². The number of esters is 1. The first-order valence-electron chi connectivity index (χ1n) is 10.4. The van der Waals surface area contributed by atoms with Crippen molar-refractivity contribution in [2.45, 2.75) is 19.8 Å². The molecule has 1 heterocycles. The van der Waals surface area contributed by atoms with Crippen molar-refractivity contribution in [3.63, 3.8) is 0 Å². The maximum absolute atomic E-state index is 12.4. The van der Waals surface area contributed by atoms with Crippen LogP contribution in [0.1, 0.15) is 18.9 Å². The lowest BCUT2D eigenvalue weighted by molar-refractivity contribution is -0.151. The SMILES string of the molecule is CCc1ccc(N2C[C@@H](C(=O)OCC(=O)Nc3ccc4ccccc4c3)CC2=O)cc1. The molecule has 0 unspecified atom stereocenters. The molecular formula is C25H24N2O4. The molecule has 6 nitrogen and oxygen atoms in total. The minimum atomic E-state index is -0.577. The molecule has 0 spiro atoms. The van der Waals surface area contributed by atoms with E-state index < -0.39 is 17.8 Å². The van der Waals surface area contributed by atoms with Crippen LogP contribution in [0.5, 0.6) is 0 Å². The summed E-state index contributed by atoms with van der Waals surface area (Å²) in [7, 11) is 0. The average Bonchev–Trinajstić information content (AvgIpc) is 3.19. The van der Waals surface area contributed by atoms with Crippen LogP contribution >= 0.6 is 0 Å². The summed E-state index contributed by atoms with van der Waals surface area (Å²) in [6.07, 6.45) is 1.01. The van der Waals surface area contributed by atoms with Crippen LogP contribution in [-0.2, 0) is 25.5 Å². The van der Waals surface area contributed by atoms with E-state index in [0.717, 1.165) is 22.9 Å². The van der Waals surface area contributed by atoms with Gasteiger partial charge in [-0.3, -0.25) is 14.4 Å². The zero-order chi connectivity index (χ0) is 21.8. The Morgan fingerprint density at radius 3 is 2.52 bits per heavy atom. The number of nitrogens with zero attached hydrogens (tertiary/aromatic N) is 1. The van der Waals surface area contributed by atoms with Crippen molar-refractivity contribution in [3.05, 3.63) is 72.3 Å². The number of carbonyl (C=O) groups excluding carboxylic acids is 3. The second-order valence-corrected chi connectivity index (χ2v) is 7.64. The Hall–Kier alpha value is -3.67. The molecule has 0 aliphatic carbocycles. The molecule has 0 saturated carbocycles. The molecule has 31 heavy (non-hydrogen) atoms. The van der Waals surface area contributed by atoms with E-state index in [1.165, 1.54) is 5.56 Å². The van der Waals surface area contributed by atoms with E-state index in [4.69, 9.17) is 4.74 Å². The summed E-state index contributed by atoms with van der Waals surface area (Å²) in [4.78, 5) is 38.6. The number of fused-ring (bicyclic) bond motifs is 1. The van der Waals surface area contributed by atoms with Crippen LogP contribution in [-0.4, -0.2) is 30.9 Å². The summed E-state index contributed by atoms with van der Waals surface area (Å²) in [6.45, 7) is 1.94. The average molecular weight is 416 g/mol. The monoisotopic (exact) mass is 416 g/mol. The summed E-state index contributed by atoms with van der Waals surface area (Å²) in [5.41, 5.74) is 2.59. The van der Waals surface area contributed by atoms with E-state index >= 15 is 0 Å². The van der Waals surface area contributed by atoms with E-state index in [0.29, 0.717) is 5.69 Å². The van der Waals surface area contributed by atoms with Crippen molar-refractivity contribution in [1.29, 1.82) is 0 Å². The minimum absolute atomic E-state index is 0.0840. The predicted molar refractivity (Wildman–Crippen MR) is 120 cm³/mol. The van der Waals surface area contributed by atoms with E-state index in [-0.39, 0.29) is 25.5 Å². The highest BCUT2D eigenvalue weighted by atomic mass is 16.5. The predicted octanol–water partition coefficient (Wildman–Crippen LogP) is 3.94. The molecule has 0 bridgehead atoms. The standard InChI is InChI=1S/C25H24N2O4/c1-2-17-7-11-22(12-8-17)27-15-20(14-24(27)29)25(30)31-16-23(28)26-21-10-9-18-5-3-4-6-19(18)13-21/h3-13,20H,2,14-16H2,1H3,(H,26,28)/t20-/m0/s1. The van der Waals surface area contributed by atoms with Gasteiger partial charge in [0.1, 0.15) is 0 Å². The van der Waals surface area contributed by atoms with Crippen LogP contribution in [0.15, 0.2) is 66.7 Å². The van der Waals surface area contributed by atoms with Gasteiger partial charge in [-0.2, -0.15) is 0 Å². The summed E-state index contributed by atoms with van der Waals surface area (Å²) >= 11 is 0. The Bertz CT molecular complexity index is 1120. The van der Waals surface area contributed by atoms with Gasteiger partial charge in [-0.05, 0) is 47.0 Å². The molecule has 1 atom stereocenters. The minimum Gasteiger partial charge on any atom is -0.455 e. The fourth-order valence-electron chi connectivity index (χ4n) is 3.75. The van der Waals surface area contributed by atoms with Crippen molar-refractivity contribution in [2.24, 2.45) is 5.92 Å². The van der Waals surface area contributed by atoms with E-state index in [1.54, 1.807) is 11.0 Å². The van der Waals surface area contributed by atoms with Crippen LogP contribution < -0.4 is 10.2 Å². The molecule has 0 aromatic heterocycles. The number of nitrogens with one attached hydrogen (secondary N) is 1. The molecule has 158 valence electrons. The Balaban J connectivity index is 1.30. The first-order valence-corrected chi connectivity index (χ1v) is 10.4. The third-order valence-corrected chi connectivity index (χ3v) is 5.49. The number of carbonyl (C=O) groups is 3. The molecule has 0 radical (unpaired) electrons. The lowest BCUT2D eigenvalue weighted by atomic mass is 10.1.